The molecule has 40 heavy (non-hydrogen) atoms. The zero-order valence-electron chi connectivity index (χ0n) is 21.0. The molecule has 11 heteroatoms. The van der Waals surface area contributed by atoms with Gasteiger partial charge < -0.3 is 24.1 Å². The van der Waals surface area contributed by atoms with Crippen LogP contribution in [0.1, 0.15) is 5.56 Å². The molecule has 1 aromatic heterocycles. The Morgan fingerprint density at radius 2 is 1.85 bits per heavy atom. The molecular formula is C29H22ClN3O6S. The molecule has 3 heterocycles. The fraction of sp³-hybridized carbons (Fsp3) is 0.138. The minimum atomic E-state index is -0.382. The fourth-order valence-electron chi connectivity index (χ4n) is 4.47. The zero-order chi connectivity index (χ0) is 27.6. The van der Waals surface area contributed by atoms with Crippen molar-refractivity contribution >= 4 is 63.1 Å². The van der Waals surface area contributed by atoms with Crippen LogP contribution in [-0.2, 0) is 16.1 Å². The summed E-state index contributed by atoms with van der Waals surface area (Å²) in [5.41, 5.74) is 2.15. The predicted molar refractivity (Wildman–Crippen MR) is 153 cm³/mol. The first kappa shape index (κ1) is 25.8. The summed E-state index contributed by atoms with van der Waals surface area (Å²) in [4.78, 5) is 40.0. The second-order valence-electron chi connectivity index (χ2n) is 8.98. The average molecular weight is 576 g/mol. The molecule has 0 radical (unpaired) electrons. The van der Waals surface area contributed by atoms with Crippen molar-refractivity contribution in [1.29, 1.82) is 0 Å². The van der Waals surface area contributed by atoms with E-state index in [0.29, 0.717) is 32.9 Å². The van der Waals surface area contributed by atoms with Crippen LogP contribution >= 0.6 is 23.4 Å². The van der Waals surface area contributed by atoms with Gasteiger partial charge in [0.1, 0.15) is 18.9 Å². The molecule has 0 saturated carbocycles. The highest BCUT2D eigenvalue weighted by atomic mass is 35.5. The molecule has 0 aliphatic carbocycles. The largest absolute Gasteiger partial charge is 0.492 e. The van der Waals surface area contributed by atoms with Gasteiger partial charge in [-0.1, -0.05) is 29.8 Å². The molecule has 4 aromatic rings. The average Bonchev–Trinajstić information content (AvgIpc) is 3.62. The van der Waals surface area contributed by atoms with Crippen LogP contribution in [0.25, 0.3) is 17.0 Å². The van der Waals surface area contributed by atoms with Gasteiger partial charge in [0.15, 0.2) is 11.5 Å². The molecule has 1 N–H and O–H groups in total. The Balaban J connectivity index is 1.16. The van der Waals surface area contributed by atoms with Gasteiger partial charge in [-0.3, -0.25) is 19.3 Å². The van der Waals surface area contributed by atoms with Crippen LogP contribution in [0.5, 0.6) is 17.2 Å². The normalized spacial score (nSPS) is 15.3. The Morgan fingerprint density at radius 3 is 2.70 bits per heavy atom. The quantitative estimate of drug-likeness (QED) is 0.266. The summed E-state index contributed by atoms with van der Waals surface area (Å²) in [5, 5.41) is 3.97. The number of benzene rings is 3. The van der Waals surface area contributed by atoms with Crippen LogP contribution in [0.2, 0.25) is 5.02 Å². The second kappa shape index (κ2) is 11.0. The number of hydrogen-bond donors (Lipinski definition) is 1. The van der Waals surface area contributed by atoms with Gasteiger partial charge in [-0.2, -0.15) is 0 Å². The number of nitrogens with zero attached hydrogens (tertiary/aromatic N) is 2. The van der Waals surface area contributed by atoms with Crippen molar-refractivity contribution in [3.05, 3.63) is 88.4 Å². The van der Waals surface area contributed by atoms with Crippen molar-refractivity contribution in [2.24, 2.45) is 0 Å². The van der Waals surface area contributed by atoms with Gasteiger partial charge in [0.2, 0.25) is 12.7 Å². The van der Waals surface area contributed by atoms with E-state index >= 15 is 0 Å². The lowest BCUT2D eigenvalue weighted by molar-refractivity contribution is -0.123. The maximum absolute atomic E-state index is 13.1. The van der Waals surface area contributed by atoms with E-state index in [9.17, 15) is 14.4 Å². The summed E-state index contributed by atoms with van der Waals surface area (Å²) < 4.78 is 18.2. The molecule has 0 bridgehead atoms. The molecule has 3 aromatic carbocycles. The first-order chi connectivity index (χ1) is 19.4. The molecule has 0 atom stereocenters. The number of para-hydroxylation sites is 1. The van der Waals surface area contributed by atoms with Crippen molar-refractivity contribution in [2.75, 3.05) is 25.3 Å². The third-order valence-electron chi connectivity index (χ3n) is 6.35. The number of fused-ring (bicyclic) bond motifs is 2. The van der Waals surface area contributed by atoms with E-state index in [2.05, 4.69) is 5.32 Å². The van der Waals surface area contributed by atoms with Crippen molar-refractivity contribution in [2.45, 2.75) is 6.54 Å². The summed E-state index contributed by atoms with van der Waals surface area (Å²) in [6.45, 7) is 0.477. The topological polar surface area (TPSA) is 99.1 Å². The minimum absolute atomic E-state index is 0.0479. The minimum Gasteiger partial charge on any atom is -0.492 e. The first-order valence-corrected chi connectivity index (χ1v) is 13.6. The van der Waals surface area contributed by atoms with Gasteiger partial charge in [0.05, 0.1) is 11.4 Å². The zero-order valence-corrected chi connectivity index (χ0v) is 22.5. The van der Waals surface area contributed by atoms with Crippen LogP contribution in [0, 0.1) is 0 Å². The molecule has 2 aliphatic heterocycles. The van der Waals surface area contributed by atoms with E-state index in [-0.39, 0.29) is 43.5 Å². The highest BCUT2D eigenvalue weighted by Crippen LogP contribution is 2.35. The predicted octanol–water partition coefficient (Wildman–Crippen LogP) is 5.78. The van der Waals surface area contributed by atoms with Crippen LogP contribution in [0.15, 0.2) is 77.8 Å². The van der Waals surface area contributed by atoms with Gasteiger partial charge in [0, 0.05) is 39.4 Å². The van der Waals surface area contributed by atoms with Crippen molar-refractivity contribution in [3.63, 3.8) is 0 Å². The number of aromatic nitrogens is 1. The van der Waals surface area contributed by atoms with E-state index in [0.717, 1.165) is 28.2 Å². The monoisotopic (exact) mass is 575 g/mol. The number of imide groups is 1. The Kier molecular flexibility index (Phi) is 7.10. The van der Waals surface area contributed by atoms with Crippen molar-refractivity contribution in [3.8, 4) is 17.2 Å². The smallest absolute Gasteiger partial charge is 0.293 e. The Bertz CT molecular complexity index is 1670. The van der Waals surface area contributed by atoms with Crippen molar-refractivity contribution in [1.82, 2.24) is 9.47 Å². The number of anilines is 1. The Morgan fingerprint density at radius 1 is 1.05 bits per heavy atom. The summed E-state index contributed by atoms with van der Waals surface area (Å²) >= 11 is 6.77. The molecule has 0 spiro atoms. The van der Waals surface area contributed by atoms with Gasteiger partial charge in [0.25, 0.3) is 11.1 Å². The van der Waals surface area contributed by atoms with Gasteiger partial charge in [-0.15, -0.1) is 0 Å². The molecule has 3 amide bonds. The van der Waals surface area contributed by atoms with Crippen LogP contribution in [0.4, 0.5) is 10.5 Å². The number of nitrogens with one attached hydrogen (secondary N) is 1. The number of halogens is 1. The molecule has 6 rings (SSSR count). The highest BCUT2D eigenvalue weighted by Gasteiger charge is 2.35. The molecule has 1 fully saturated rings. The molecule has 1 saturated heterocycles. The van der Waals surface area contributed by atoms with E-state index < -0.39 is 0 Å². The molecule has 202 valence electrons. The first-order valence-electron chi connectivity index (χ1n) is 12.4. The summed E-state index contributed by atoms with van der Waals surface area (Å²) in [6.07, 6.45) is 3.50. The molecular weight excluding hydrogens is 554 g/mol. The van der Waals surface area contributed by atoms with Crippen LogP contribution in [0.3, 0.4) is 0 Å². The third-order valence-corrected chi connectivity index (χ3v) is 7.51. The number of thioether (sulfide) groups is 1. The van der Waals surface area contributed by atoms with Gasteiger partial charge in [-0.25, -0.2) is 0 Å². The number of amides is 3. The summed E-state index contributed by atoms with van der Waals surface area (Å²) in [5.74, 6) is 1.20. The second-order valence-corrected chi connectivity index (χ2v) is 10.4. The number of ether oxygens (including phenoxy) is 3. The Labute approximate surface area is 238 Å². The fourth-order valence-corrected chi connectivity index (χ4v) is 5.45. The van der Waals surface area contributed by atoms with Gasteiger partial charge >= 0.3 is 0 Å². The lowest BCUT2D eigenvalue weighted by Crippen LogP contribution is -2.32. The number of carbonyl (C=O) groups is 3. The van der Waals surface area contributed by atoms with Gasteiger partial charge in [-0.05, 0) is 60.3 Å². The standard InChI is InChI=1S/C29H22ClN3O6S/c30-19-5-8-21(9-6-19)37-12-11-33-28(35)26(40-29(33)36)13-18-15-32(23-4-2-1-3-22(18)23)16-27(34)31-20-7-10-24-25(14-20)39-17-38-24/h1-10,13-15H,11-12,16-17H2,(H,31,34)/b26-13-. The number of carbonyl (C=O) groups excluding carboxylic acids is 3. The van der Waals surface area contributed by atoms with E-state index in [1.165, 1.54) is 4.90 Å². The maximum Gasteiger partial charge on any atom is 0.293 e. The lowest BCUT2D eigenvalue weighted by atomic mass is 10.1. The highest BCUT2D eigenvalue weighted by molar-refractivity contribution is 8.18. The third kappa shape index (κ3) is 5.36. The summed E-state index contributed by atoms with van der Waals surface area (Å²) in [7, 11) is 0. The van der Waals surface area contributed by atoms with Crippen LogP contribution in [-0.4, -0.2) is 46.5 Å². The van der Waals surface area contributed by atoms with E-state index in [1.54, 1.807) is 48.5 Å². The number of hydrogen-bond acceptors (Lipinski definition) is 7. The van der Waals surface area contributed by atoms with E-state index in [4.69, 9.17) is 25.8 Å². The molecule has 0 unspecified atom stereocenters. The van der Waals surface area contributed by atoms with Crippen LogP contribution < -0.4 is 19.5 Å². The SMILES string of the molecule is O=C(Cn1cc(/C=C2\SC(=O)N(CCOc3ccc(Cl)cc3)C2=O)c2ccccc21)Nc1ccc2c(c1)OCO2. The van der Waals surface area contributed by atoms with E-state index in [1.807, 2.05) is 35.0 Å². The number of rotatable bonds is 8. The molecule has 2 aliphatic rings. The van der Waals surface area contributed by atoms with Crippen molar-refractivity contribution < 1.29 is 28.6 Å². The summed E-state index contributed by atoms with van der Waals surface area (Å²) in [6, 6.07) is 19.7. The Hall–Kier alpha value is -4.41. The maximum atomic E-state index is 13.1. The lowest BCUT2D eigenvalue weighted by Gasteiger charge is -2.13. The molecule has 9 nitrogen and oxygen atoms in total.